The van der Waals surface area contributed by atoms with Crippen LogP contribution >= 0.6 is 0 Å². The second kappa shape index (κ2) is 12.4. The van der Waals surface area contributed by atoms with Crippen molar-refractivity contribution in [2.24, 2.45) is 0 Å². The predicted octanol–water partition coefficient (Wildman–Crippen LogP) is 0.0180. The molecule has 8 nitrogen and oxygen atoms in total. The fourth-order valence-electron chi connectivity index (χ4n) is 1.63. The zero-order valence-electron chi connectivity index (χ0n) is 13.3. The van der Waals surface area contributed by atoms with Gasteiger partial charge >= 0.3 is 11.9 Å². The van der Waals surface area contributed by atoms with Crippen molar-refractivity contribution in [3.05, 3.63) is 35.4 Å². The molecule has 0 fully saturated rings. The summed E-state index contributed by atoms with van der Waals surface area (Å²) in [4.78, 5) is 23.3. The van der Waals surface area contributed by atoms with Crippen LogP contribution in [-0.2, 0) is 18.9 Å². The molecule has 0 bridgehead atoms. The van der Waals surface area contributed by atoms with E-state index >= 15 is 0 Å². The van der Waals surface area contributed by atoms with Crippen molar-refractivity contribution >= 4 is 11.9 Å². The fraction of sp³-hybridized carbons (Fsp3) is 0.500. The topological polar surface area (TPSA) is 112 Å². The minimum atomic E-state index is -0.569. The molecule has 0 aromatic heterocycles. The summed E-state index contributed by atoms with van der Waals surface area (Å²) < 4.78 is 20.0. The van der Waals surface area contributed by atoms with Crippen LogP contribution in [0.2, 0.25) is 0 Å². The molecule has 0 saturated carbocycles. The monoisotopic (exact) mass is 342 g/mol. The number of hydrogen-bond acceptors (Lipinski definition) is 8. The van der Waals surface area contributed by atoms with E-state index in [2.05, 4.69) is 0 Å². The quantitative estimate of drug-likeness (QED) is 0.404. The van der Waals surface area contributed by atoms with Crippen LogP contribution < -0.4 is 0 Å². The molecule has 0 amide bonds. The molecule has 0 radical (unpaired) electrons. The summed E-state index contributed by atoms with van der Waals surface area (Å²) in [7, 11) is 0. The van der Waals surface area contributed by atoms with Crippen LogP contribution in [0.1, 0.15) is 20.7 Å². The lowest BCUT2D eigenvalue weighted by Crippen LogP contribution is -2.14. The van der Waals surface area contributed by atoms with E-state index in [1.54, 1.807) is 0 Å². The standard InChI is InChI=1S/C16H22O8/c17-5-7-21-9-10-22-11-12-24-16(20)14-3-1-13(2-4-14)15(19)23-8-6-18/h1-4,17-18H,5-12H2. The van der Waals surface area contributed by atoms with Crippen molar-refractivity contribution < 1.29 is 38.7 Å². The van der Waals surface area contributed by atoms with E-state index in [0.29, 0.717) is 18.8 Å². The van der Waals surface area contributed by atoms with E-state index in [-0.39, 0.29) is 45.2 Å². The first-order chi connectivity index (χ1) is 11.7. The Labute approximate surface area is 139 Å². The zero-order chi connectivity index (χ0) is 17.6. The highest BCUT2D eigenvalue weighted by Crippen LogP contribution is 2.07. The summed E-state index contributed by atoms with van der Waals surface area (Å²) in [5.41, 5.74) is 0.589. The van der Waals surface area contributed by atoms with Crippen LogP contribution in [0.3, 0.4) is 0 Å². The molecule has 24 heavy (non-hydrogen) atoms. The van der Waals surface area contributed by atoms with Crippen LogP contribution in [0.5, 0.6) is 0 Å². The van der Waals surface area contributed by atoms with Crippen LogP contribution in [0, 0.1) is 0 Å². The highest BCUT2D eigenvalue weighted by Gasteiger charge is 2.10. The van der Waals surface area contributed by atoms with Gasteiger partial charge in [0.2, 0.25) is 0 Å². The second-order valence-electron chi connectivity index (χ2n) is 4.52. The third-order valence-corrected chi connectivity index (χ3v) is 2.75. The summed E-state index contributed by atoms with van der Waals surface area (Å²) >= 11 is 0. The van der Waals surface area contributed by atoms with Gasteiger partial charge in [-0.2, -0.15) is 0 Å². The van der Waals surface area contributed by atoms with Gasteiger partial charge in [0.1, 0.15) is 13.2 Å². The van der Waals surface area contributed by atoms with E-state index in [0.717, 1.165) is 0 Å². The Hall–Kier alpha value is -2.00. The van der Waals surface area contributed by atoms with Gasteiger partial charge in [-0.3, -0.25) is 0 Å². The molecular weight excluding hydrogens is 320 g/mol. The van der Waals surface area contributed by atoms with Gasteiger partial charge in [0.25, 0.3) is 0 Å². The molecule has 134 valence electrons. The van der Waals surface area contributed by atoms with E-state index in [9.17, 15) is 9.59 Å². The van der Waals surface area contributed by atoms with Crippen LogP contribution in [0.4, 0.5) is 0 Å². The first kappa shape index (κ1) is 20.0. The second-order valence-corrected chi connectivity index (χ2v) is 4.52. The number of esters is 2. The lowest BCUT2D eigenvalue weighted by atomic mass is 10.1. The molecule has 0 unspecified atom stereocenters. The van der Waals surface area contributed by atoms with E-state index < -0.39 is 11.9 Å². The van der Waals surface area contributed by atoms with Crippen molar-refractivity contribution in [3.63, 3.8) is 0 Å². The maximum Gasteiger partial charge on any atom is 0.338 e. The van der Waals surface area contributed by atoms with Crippen LogP contribution in [-0.4, -0.2) is 75.0 Å². The van der Waals surface area contributed by atoms with Crippen molar-refractivity contribution in [1.82, 2.24) is 0 Å². The molecule has 0 aliphatic heterocycles. The van der Waals surface area contributed by atoms with Crippen LogP contribution in [0.15, 0.2) is 24.3 Å². The smallest absolute Gasteiger partial charge is 0.338 e. The summed E-state index contributed by atoms with van der Waals surface area (Å²) in [5.74, 6) is -1.09. The molecule has 1 rings (SSSR count). The third-order valence-electron chi connectivity index (χ3n) is 2.75. The van der Waals surface area contributed by atoms with Gasteiger partial charge in [-0.05, 0) is 24.3 Å². The lowest BCUT2D eigenvalue weighted by molar-refractivity contribution is 0.00918. The van der Waals surface area contributed by atoms with Crippen molar-refractivity contribution in [2.75, 3.05) is 52.9 Å². The number of aliphatic hydroxyl groups is 2. The first-order valence-corrected chi connectivity index (χ1v) is 7.50. The SMILES string of the molecule is O=C(OCCO)c1ccc(C(=O)OCCOCCOCCO)cc1. The normalized spacial score (nSPS) is 10.4. The summed E-state index contributed by atoms with van der Waals surface area (Å²) in [6.45, 7) is 0.959. The Kier molecular flexibility index (Phi) is 10.4. The Morgan fingerprint density at radius 2 is 1.08 bits per heavy atom. The first-order valence-electron chi connectivity index (χ1n) is 7.50. The molecule has 0 aliphatic rings. The Balaban J connectivity index is 2.24. The molecular formula is C16H22O8. The van der Waals surface area contributed by atoms with E-state index in [4.69, 9.17) is 29.2 Å². The Morgan fingerprint density at radius 3 is 1.58 bits per heavy atom. The van der Waals surface area contributed by atoms with E-state index in [1.807, 2.05) is 0 Å². The molecule has 8 heteroatoms. The minimum Gasteiger partial charge on any atom is -0.460 e. The number of rotatable bonds is 12. The van der Waals surface area contributed by atoms with E-state index in [1.165, 1.54) is 24.3 Å². The Bertz CT molecular complexity index is 485. The van der Waals surface area contributed by atoms with Gasteiger partial charge in [-0.25, -0.2) is 9.59 Å². The van der Waals surface area contributed by atoms with Crippen molar-refractivity contribution in [3.8, 4) is 0 Å². The molecule has 2 N–H and O–H groups in total. The average Bonchev–Trinajstić information content (AvgIpc) is 2.61. The number of aliphatic hydroxyl groups excluding tert-OH is 2. The van der Waals surface area contributed by atoms with Gasteiger partial charge in [0, 0.05) is 0 Å². The van der Waals surface area contributed by atoms with Gasteiger partial charge in [-0.1, -0.05) is 0 Å². The van der Waals surface area contributed by atoms with Crippen molar-refractivity contribution in [1.29, 1.82) is 0 Å². The maximum atomic E-state index is 11.8. The van der Waals surface area contributed by atoms with Gasteiger partial charge in [0.15, 0.2) is 0 Å². The number of hydrogen-bond donors (Lipinski definition) is 2. The molecule has 0 spiro atoms. The van der Waals surface area contributed by atoms with Gasteiger partial charge < -0.3 is 29.2 Å². The number of carbonyl (C=O) groups excluding carboxylic acids is 2. The van der Waals surface area contributed by atoms with Crippen molar-refractivity contribution in [2.45, 2.75) is 0 Å². The molecule has 0 aliphatic carbocycles. The minimum absolute atomic E-state index is 0.0322. The lowest BCUT2D eigenvalue weighted by Gasteiger charge is -2.07. The molecule has 0 saturated heterocycles. The highest BCUT2D eigenvalue weighted by atomic mass is 16.6. The van der Waals surface area contributed by atoms with Gasteiger partial charge in [-0.15, -0.1) is 0 Å². The number of ether oxygens (including phenoxy) is 4. The number of carbonyl (C=O) groups is 2. The average molecular weight is 342 g/mol. The fourth-order valence-corrected chi connectivity index (χ4v) is 1.63. The molecule has 1 aromatic carbocycles. The zero-order valence-corrected chi connectivity index (χ0v) is 13.3. The molecule has 0 heterocycles. The number of benzene rings is 1. The largest absolute Gasteiger partial charge is 0.460 e. The summed E-state index contributed by atoms with van der Waals surface area (Å²) in [5, 5.41) is 17.1. The maximum absolute atomic E-state index is 11.8. The van der Waals surface area contributed by atoms with Gasteiger partial charge in [0.05, 0.1) is 50.8 Å². The highest BCUT2D eigenvalue weighted by molar-refractivity contribution is 5.93. The molecule has 0 atom stereocenters. The predicted molar refractivity (Wildman–Crippen MR) is 82.8 cm³/mol. The summed E-state index contributed by atoms with van der Waals surface area (Å²) in [6.07, 6.45) is 0. The molecule has 1 aromatic rings. The Morgan fingerprint density at radius 1 is 0.667 bits per heavy atom. The third kappa shape index (κ3) is 8.02. The summed E-state index contributed by atoms with van der Waals surface area (Å²) in [6, 6.07) is 5.82. The van der Waals surface area contributed by atoms with Crippen LogP contribution in [0.25, 0.3) is 0 Å².